The number of hydrogen-bond acceptors (Lipinski definition) is 6. The molecule has 31 heavy (non-hydrogen) atoms. The van der Waals surface area contributed by atoms with Crippen LogP contribution in [0.5, 0.6) is 11.5 Å². The van der Waals surface area contributed by atoms with Crippen molar-refractivity contribution in [1.29, 1.82) is 0 Å². The van der Waals surface area contributed by atoms with E-state index in [1.54, 1.807) is 12.0 Å². The van der Waals surface area contributed by atoms with E-state index >= 15 is 0 Å². The van der Waals surface area contributed by atoms with Gasteiger partial charge in [0.25, 0.3) is 5.91 Å². The molecule has 6 nitrogen and oxygen atoms in total. The highest BCUT2D eigenvalue weighted by Crippen LogP contribution is 2.49. The predicted octanol–water partition coefficient (Wildman–Crippen LogP) is 3.98. The molecule has 0 unspecified atom stereocenters. The number of thioether (sulfide) groups is 1. The highest BCUT2D eigenvalue weighted by molar-refractivity contribution is 8.00. The summed E-state index contributed by atoms with van der Waals surface area (Å²) in [6.45, 7) is 3.93. The average molecular weight is 445 g/mol. The van der Waals surface area contributed by atoms with Gasteiger partial charge in [-0.3, -0.25) is 4.79 Å². The van der Waals surface area contributed by atoms with Gasteiger partial charge in [0.2, 0.25) is 0 Å². The van der Waals surface area contributed by atoms with E-state index in [0.29, 0.717) is 19.7 Å². The molecule has 7 heteroatoms. The third-order valence-corrected chi connectivity index (χ3v) is 6.70. The minimum atomic E-state index is -1.17. The van der Waals surface area contributed by atoms with Crippen LogP contribution in [0, 0.1) is 0 Å². The lowest BCUT2D eigenvalue weighted by Crippen LogP contribution is -2.43. The molecule has 0 bridgehead atoms. The van der Waals surface area contributed by atoms with Gasteiger partial charge in [0.15, 0.2) is 0 Å². The topological polar surface area (TPSA) is 62.2 Å². The normalized spacial score (nSPS) is 18.6. The highest BCUT2D eigenvalue weighted by atomic mass is 32.2. The van der Waals surface area contributed by atoms with Crippen LogP contribution in [0.25, 0.3) is 0 Å². The molecule has 1 aliphatic heterocycles. The van der Waals surface area contributed by atoms with Gasteiger partial charge in [-0.15, -0.1) is 11.8 Å². The van der Waals surface area contributed by atoms with E-state index in [4.69, 9.17) is 9.47 Å². The molecule has 3 rings (SSSR count). The molecule has 1 N–H and O–H groups in total. The van der Waals surface area contributed by atoms with Crippen molar-refractivity contribution < 1.29 is 19.4 Å². The second-order valence-electron chi connectivity index (χ2n) is 7.86. The van der Waals surface area contributed by atoms with Crippen LogP contribution in [0.15, 0.2) is 47.4 Å². The second kappa shape index (κ2) is 10.9. The van der Waals surface area contributed by atoms with Gasteiger partial charge in [-0.05, 0) is 50.3 Å². The molecule has 1 amide bonds. The van der Waals surface area contributed by atoms with Gasteiger partial charge >= 0.3 is 0 Å². The van der Waals surface area contributed by atoms with Crippen LogP contribution in [0.3, 0.4) is 0 Å². The number of unbranched alkanes of at least 4 members (excludes halogenated alkanes) is 1. The van der Waals surface area contributed by atoms with E-state index in [2.05, 4.69) is 6.92 Å². The first-order valence-corrected chi connectivity index (χ1v) is 11.5. The van der Waals surface area contributed by atoms with Gasteiger partial charge < -0.3 is 24.4 Å². The summed E-state index contributed by atoms with van der Waals surface area (Å²) in [6.07, 6.45) is 0.835. The molecule has 168 valence electrons. The number of rotatable bonds is 9. The number of nitrogens with zero attached hydrogens (tertiary/aromatic N) is 2. The highest BCUT2D eigenvalue weighted by Gasteiger charge is 2.38. The minimum absolute atomic E-state index is 0.292. The Labute approximate surface area is 189 Å². The molecule has 0 fully saturated rings. The predicted molar refractivity (Wildman–Crippen MR) is 125 cm³/mol. The molecule has 0 saturated carbocycles. The van der Waals surface area contributed by atoms with E-state index in [-0.39, 0.29) is 5.91 Å². The molecule has 1 heterocycles. The summed E-state index contributed by atoms with van der Waals surface area (Å²) in [5, 5.41) is 10.7. The van der Waals surface area contributed by atoms with Crippen molar-refractivity contribution in [1.82, 2.24) is 4.90 Å². The number of ether oxygens (including phenoxy) is 2. The van der Waals surface area contributed by atoms with Crippen molar-refractivity contribution in [2.24, 2.45) is 0 Å². The van der Waals surface area contributed by atoms with E-state index in [1.165, 1.54) is 11.8 Å². The maximum Gasteiger partial charge on any atom is 0.257 e. The van der Waals surface area contributed by atoms with Gasteiger partial charge in [0.1, 0.15) is 17.6 Å². The monoisotopic (exact) mass is 444 g/mol. The van der Waals surface area contributed by atoms with Gasteiger partial charge in [-0.1, -0.05) is 31.5 Å². The Hall–Kier alpha value is -2.22. The summed E-state index contributed by atoms with van der Waals surface area (Å²) in [6, 6.07) is 13.3. The summed E-state index contributed by atoms with van der Waals surface area (Å²) in [7, 11) is 5.56. The zero-order chi connectivity index (χ0) is 22.4. The smallest absolute Gasteiger partial charge is 0.257 e. The van der Waals surface area contributed by atoms with Crippen LogP contribution < -0.4 is 14.4 Å². The quantitative estimate of drug-likeness (QED) is 0.591. The number of aliphatic hydroxyl groups is 1. The number of likely N-dealkylation sites (N-methyl/N-ethyl adjacent to an activating group) is 1. The van der Waals surface area contributed by atoms with E-state index in [9.17, 15) is 9.90 Å². The fourth-order valence-electron chi connectivity index (χ4n) is 3.45. The Kier molecular flexibility index (Phi) is 8.23. The maximum atomic E-state index is 13.4. The first kappa shape index (κ1) is 23.4. The number of benzene rings is 2. The van der Waals surface area contributed by atoms with Crippen molar-refractivity contribution in [2.45, 2.75) is 36.0 Å². The Morgan fingerprint density at radius 2 is 1.90 bits per heavy atom. The molecule has 2 aromatic carbocycles. The van der Waals surface area contributed by atoms with Crippen LogP contribution in [0.2, 0.25) is 0 Å². The van der Waals surface area contributed by atoms with E-state index in [0.717, 1.165) is 40.5 Å². The van der Waals surface area contributed by atoms with Crippen LogP contribution >= 0.6 is 11.8 Å². The molecule has 2 atom stereocenters. The lowest BCUT2D eigenvalue weighted by atomic mass is 10.1. The molecular formula is C24H32N2O4S. The van der Waals surface area contributed by atoms with Crippen molar-refractivity contribution in [3.05, 3.63) is 48.0 Å². The second-order valence-corrected chi connectivity index (χ2v) is 9.01. The van der Waals surface area contributed by atoms with Crippen molar-refractivity contribution >= 4 is 23.4 Å². The number of hydrogen-bond donors (Lipinski definition) is 1. The number of anilines is 1. The molecule has 1 aliphatic rings. The standard InChI is InChI=1S/C24H32N2O4S/c1-5-6-16-30-20-9-7-8-19-23(20)31-22(17-10-12-18(29-4)13-11-17)21(27)24(28)26(19)15-14-25(2)3/h7-13,21-22,27H,5-6,14-16H2,1-4H3/t21-,22+/m1/s1. The minimum Gasteiger partial charge on any atom is -0.497 e. The average Bonchev–Trinajstić information content (AvgIpc) is 2.88. The summed E-state index contributed by atoms with van der Waals surface area (Å²) in [4.78, 5) is 18.0. The maximum absolute atomic E-state index is 13.4. The van der Waals surface area contributed by atoms with E-state index in [1.807, 2.05) is 61.5 Å². The number of aliphatic hydroxyl groups excluding tert-OH is 1. The molecule has 0 radical (unpaired) electrons. The number of amides is 1. The molecule has 2 aromatic rings. The van der Waals surface area contributed by atoms with Gasteiger partial charge in [0, 0.05) is 13.1 Å². The molecular weight excluding hydrogens is 412 g/mol. The lowest BCUT2D eigenvalue weighted by molar-refractivity contribution is -0.126. The van der Waals surface area contributed by atoms with Crippen LogP contribution in [-0.2, 0) is 4.79 Å². The SMILES string of the molecule is CCCCOc1cccc2c1S[C@@H](c1ccc(OC)cc1)[C@@H](O)C(=O)N2CCN(C)C. The number of methoxy groups -OCH3 is 1. The van der Waals surface area contributed by atoms with Gasteiger partial charge in [0.05, 0.1) is 29.5 Å². The zero-order valence-electron chi connectivity index (χ0n) is 18.7. The van der Waals surface area contributed by atoms with Crippen LogP contribution in [0.4, 0.5) is 5.69 Å². The molecule has 0 saturated heterocycles. The fraction of sp³-hybridized carbons (Fsp3) is 0.458. The Balaban J connectivity index is 2.03. The summed E-state index contributed by atoms with van der Waals surface area (Å²) >= 11 is 1.49. The number of carbonyl (C=O) groups is 1. The first-order chi connectivity index (χ1) is 15.0. The van der Waals surface area contributed by atoms with Crippen molar-refractivity contribution in [3.8, 4) is 11.5 Å². The third kappa shape index (κ3) is 5.53. The number of fused-ring (bicyclic) bond motifs is 1. The molecule has 0 aromatic heterocycles. The van der Waals surface area contributed by atoms with Crippen LogP contribution in [0.1, 0.15) is 30.6 Å². The number of carbonyl (C=O) groups excluding carboxylic acids is 1. The summed E-state index contributed by atoms with van der Waals surface area (Å²) in [5.41, 5.74) is 1.66. The third-order valence-electron chi connectivity index (χ3n) is 5.27. The van der Waals surface area contributed by atoms with Crippen molar-refractivity contribution in [3.63, 3.8) is 0 Å². The van der Waals surface area contributed by atoms with Gasteiger partial charge in [-0.2, -0.15) is 0 Å². The van der Waals surface area contributed by atoms with Crippen LogP contribution in [-0.4, -0.2) is 62.9 Å². The summed E-state index contributed by atoms with van der Waals surface area (Å²) < 4.78 is 11.4. The largest absolute Gasteiger partial charge is 0.497 e. The zero-order valence-corrected chi connectivity index (χ0v) is 19.5. The summed E-state index contributed by atoms with van der Waals surface area (Å²) in [5.74, 6) is 1.20. The molecule has 0 spiro atoms. The molecule has 0 aliphatic carbocycles. The van der Waals surface area contributed by atoms with E-state index < -0.39 is 11.4 Å². The fourth-order valence-corrected chi connectivity index (χ4v) is 4.78. The lowest BCUT2D eigenvalue weighted by Gasteiger charge is -2.26. The Bertz CT molecular complexity index is 872. The van der Waals surface area contributed by atoms with Gasteiger partial charge in [-0.25, -0.2) is 0 Å². The van der Waals surface area contributed by atoms with Crippen molar-refractivity contribution in [2.75, 3.05) is 45.8 Å². The Morgan fingerprint density at radius 1 is 1.16 bits per heavy atom. The first-order valence-electron chi connectivity index (χ1n) is 10.7. The Morgan fingerprint density at radius 3 is 2.55 bits per heavy atom.